The van der Waals surface area contributed by atoms with Gasteiger partial charge in [0.15, 0.2) is 0 Å². The number of fused-ring (bicyclic) bond motifs is 2. The standard InChI is InChI=1S/C25H31ClN2O2/c1-18(2)13-24(29)28-17-25(22-15-21(30-3)7-8-23(22)28)9-11-27(12-10-25)16-19-5-4-6-20(26)14-19/h4-8,14-15,18H,9-13,16-17H2,1-3H3. The predicted octanol–water partition coefficient (Wildman–Crippen LogP) is 5.28. The normalized spacial score (nSPS) is 18.1. The third-order valence-electron chi connectivity index (χ3n) is 6.52. The third kappa shape index (κ3) is 4.21. The van der Waals surface area contributed by atoms with Crippen LogP contribution in [-0.2, 0) is 16.8 Å². The number of hydrogen-bond donors (Lipinski definition) is 0. The Bertz CT molecular complexity index is 919. The summed E-state index contributed by atoms with van der Waals surface area (Å²) in [5.41, 5.74) is 3.62. The monoisotopic (exact) mass is 426 g/mol. The SMILES string of the molecule is COc1ccc2c(c1)C1(CCN(Cc3cccc(Cl)c3)CC1)CN2C(=O)CC(C)C. The first kappa shape index (κ1) is 21.2. The lowest BCUT2D eigenvalue weighted by Crippen LogP contribution is -2.45. The maximum Gasteiger partial charge on any atom is 0.227 e. The molecule has 0 radical (unpaired) electrons. The Labute approximate surface area is 184 Å². The van der Waals surface area contributed by atoms with Gasteiger partial charge in [-0.3, -0.25) is 9.69 Å². The van der Waals surface area contributed by atoms with Crippen LogP contribution in [0, 0.1) is 5.92 Å². The number of rotatable bonds is 5. The molecule has 0 bridgehead atoms. The molecule has 5 heteroatoms. The second-order valence-electron chi connectivity index (χ2n) is 9.15. The Balaban J connectivity index is 1.54. The maximum atomic E-state index is 13.0. The van der Waals surface area contributed by atoms with Crippen LogP contribution in [0.1, 0.15) is 44.2 Å². The zero-order valence-electron chi connectivity index (χ0n) is 18.2. The van der Waals surface area contributed by atoms with Crippen molar-refractivity contribution in [3.05, 3.63) is 58.6 Å². The summed E-state index contributed by atoms with van der Waals surface area (Å²) >= 11 is 6.16. The smallest absolute Gasteiger partial charge is 0.227 e. The quantitative estimate of drug-likeness (QED) is 0.652. The van der Waals surface area contributed by atoms with E-state index in [-0.39, 0.29) is 11.3 Å². The van der Waals surface area contributed by atoms with Crippen LogP contribution in [0.25, 0.3) is 0 Å². The number of carbonyl (C=O) groups excluding carboxylic acids is 1. The highest BCUT2D eigenvalue weighted by Crippen LogP contribution is 2.48. The first-order valence-corrected chi connectivity index (χ1v) is 11.2. The van der Waals surface area contributed by atoms with E-state index in [1.165, 1.54) is 11.1 Å². The molecule has 0 N–H and O–H groups in total. The molecule has 2 aromatic carbocycles. The van der Waals surface area contributed by atoms with E-state index in [1.807, 2.05) is 29.2 Å². The molecule has 1 spiro atoms. The molecular formula is C25H31ClN2O2. The van der Waals surface area contributed by atoms with Crippen LogP contribution < -0.4 is 9.64 Å². The van der Waals surface area contributed by atoms with E-state index in [0.29, 0.717) is 12.3 Å². The number of piperidine rings is 1. The number of benzene rings is 2. The molecule has 160 valence electrons. The highest BCUT2D eigenvalue weighted by atomic mass is 35.5. The van der Waals surface area contributed by atoms with Crippen LogP contribution in [0.15, 0.2) is 42.5 Å². The van der Waals surface area contributed by atoms with Crippen molar-refractivity contribution in [1.82, 2.24) is 4.90 Å². The average Bonchev–Trinajstić information content (AvgIpc) is 3.03. The zero-order chi connectivity index (χ0) is 21.3. The number of carbonyl (C=O) groups is 1. The van der Waals surface area contributed by atoms with Crippen molar-refractivity contribution in [1.29, 1.82) is 0 Å². The van der Waals surface area contributed by atoms with Crippen LogP contribution >= 0.6 is 11.6 Å². The lowest BCUT2D eigenvalue weighted by atomic mass is 9.74. The van der Waals surface area contributed by atoms with Gasteiger partial charge >= 0.3 is 0 Å². The fraction of sp³-hybridized carbons (Fsp3) is 0.480. The molecule has 4 rings (SSSR count). The second-order valence-corrected chi connectivity index (χ2v) is 9.58. The van der Waals surface area contributed by atoms with Gasteiger partial charge in [0.05, 0.1) is 7.11 Å². The molecule has 2 heterocycles. The van der Waals surface area contributed by atoms with Crippen molar-refractivity contribution in [2.24, 2.45) is 5.92 Å². The highest BCUT2D eigenvalue weighted by Gasteiger charge is 2.46. The summed E-state index contributed by atoms with van der Waals surface area (Å²) in [6.07, 6.45) is 2.67. The number of amides is 1. The molecule has 4 nitrogen and oxygen atoms in total. The van der Waals surface area contributed by atoms with Crippen LogP contribution in [0.4, 0.5) is 5.69 Å². The number of halogens is 1. The largest absolute Gasteiger partial charge is 0.497 e. The van der Waals surface area contributed by atoms with Gasteiger partial charge in [0.2, 0.25) is 5.91 Å². The molecule has 0 saturated carbocycles. The van der Waals surface area contributed by atoms with E-state index in [4.69, 9.17) is 16.3 Å². The molecule has 0 aliphatic carbocycles. The minimum absolute atomic E-state index is 0.0152. The molecule has 2 aliphatic heterocycles. The molecule has 2 aromatic rings. The first-order chi connectivity index (χ1) is 14.4. The number of anilines is 1. The minimum Gasteiger partial charge on any atom is -0.497 e. The molecule has 0 aromatic heterocycles. The average molecular weight is 427 g/mol. The Morgan fingerprint density at radius 3 is 2.60 bits per heavy atom. The molecule has 1 fully saturated rings. The highest BCUT2D eigenvalue weighted by molar-refractivity contribution is 6.30. The van der Waals surface area contributed by atoms with Gasteiger partial charge in [-0.15, -0.1) is 0 Å². The number of nitrogens with zero attached hydrogens (tertiary/aromatic N) is 2. The fourth-order valence-corrected chi connectivity index (χ4v) is 5.13. The van der Waals surface area contributed by atoms with Gasteiger partial charge in [0.1, 0.15) is 5.75 Å². The summed E-state index contributed by atoms with van der Waals surface area (Å²) in [5, 5.41) is 0.789. The van der Waals surface area contributed by atoms with E-state index in [1.54, 1.807) is 7.11 Å². The number of hydrogen-bond acceptors (Lipinski definition) is 3. The molecular weight excluding hydrogens is 396 g/mol. The van der Waals surface area contributed by atoms with Crippen molar-refractivity contribution in [3.63, 3.8) is 0 Å². The van der Waals surface area contributed by atoms with E-state index < -0.39 is 0 Å². The summed E-state index contributed by atoms with van der Waals surface area (Å²) in [5.74, 6) is 1.46. The van der Waals surface area contributed by atoms with E-state index in [2.05, 4.69) is 36.9 Å². The van der Waals surface area contributed by atoms with E-state index in [0.717, 1.165) is 55.5 Å². The Morgan fingerprint density at radius 2 is 1.93 bits per heavy atom. The van der Waals surface area contributed by atoms with Gasteiger partial charge in [-0.05, 0) is 73.3 Å². The lowest BCUT2D eigenvalue weighted by Gasteiger charge is -2.40. The second kappa shape index (κ2) is 8.60. The molecule has 30 heavy (non-hydrogen) atoms. The number of likely N-dealkylation sites (tertiary alicyclic amines) is 1. The van der Waals surface area contributed by atoms with Crippen molar-refractivity contribution < 1.29 is 9.53 Å². The molecule has 2 aliphatic rings. The van der Waals surface area contributed by atoms with Gasteiger partial charge in [-0.1, -0.05) is 37.6 Å². The first-order valence-electron chi connectivity index (χ1n) is 10.9. The molecule has 0 unspecified atom stereocenters. The van der Waals surface area contributed by atoms with Gasteiger partial charge in [-0.25, -0.2) is 0 Å². The number of methoxy groups -OCH3 is 1. The molecule has 1 saturated heterocycles. The summed E-state index contributed by atoms with van der Waals surface area (Å²) in [4.78, 5) is 17.5. The summed E-state index contributed by atoms with van der Waals surface area (Å²) in [7, 11) is 1.71. The van der Waals surface area contributed by atoms with Gasteiger partial charge in [0.25, 0.3) is 0 Å². The summed E-state index contributed by atoms with van der Waals surface area (Å²) in [6.45, 7) is 7.93. The third-order valence-corrected chi connectivity index (χ3v) is 6.75. The van der Waals surface area contributed by atoms with Gasteiger partial charge in [0, 0.05) is 35.6 Å². The maximum absolute atomic E-state index is 13.0. The van der Waals surface area contributed by atoms with Crippen LogP contribution in [0.2, 0.25) is 5.02 Å². The summed E-state index contributed by atoms with van der Waals surface area (Å²) in [6, 6.07) is 14.3. The predicted molar refractivity (Wildman–Crippen MR) is 122 cm³/mol. The van der Waals surface area contributed by atoms with Crippen LogP contribution in [-0.4, -0.2) is 37.6 Å². The minimum atomic E-state index is 0.0152. The Hall–Kier alpha value is -2.04. The topological polar surface area (TPSA) is 32.8 Å². The van der Waals surface area contributed by atoms with Crippen molar-refractivity contribution in [2.45, 2.75) is 45.1 Å². The van der Waals surface area contributed by atoms with Crippen LogP contribution in [0.3, 0.4) is 0 Å². The van der Waals surface area contributed by atoms with Gasteiger partial charge < -0.3 is 9.64 Å². The zero-order valence-corrected chi connectivity index (χ0v) is 18.9. The fourth-order valence-electron chi connectivity index (χ4n) is 4.92. The van der Waals surface area contributed by atoms with E-state index in [9.17, 15) is 4.79 Å². The number of ether oxygens (including phenoxy) is 1. The summed E-state index contributed by atoms with van der Waals surface area (Å²) < 4.78 is 5.52. The van der Waals surface area contributed by atoms with Gasteiger partial charge in [-0.2, -0.15) is 0 Å². The van der Waals surface area contributed by atoms with Crippen molar-refractivity contribution in [3.8, 4) is 5.75 Å². The Kier molecular flexibility index (Phi) is 6.08. The van der Waals surface area contributed by atoms with Crippen LogP contribution in [0.5, 0.6) is 5.75 Å². The Morgan fingerprint density at radius 1 is 1.17 bits per heavy atom. The van der Waals surface area contributed by atoms with Crippen molar-refractivity contribution >= 4 is 23.2 Å². The van der Waals surface area contributed by atoms with Crippen molar-refractivity contribution in [2.75, 3.05) is 31.6 Å². The molecule has 1 amide bonds. The van der Waals surface area contributed by atoms with E-state index >= 15 is 0 Å². The lowest BCUT2D eigenvalue weighted by molar-refractivity contribution is -0.119. The molecule has 0 atom stereocenters.